The molecular weight excluding hydrogens is 190 g/mol. The average molecular weight is 200 g/mol. The topological polar surface area (TPSA) is 26.3 Å². The maximum absolute atomic E-state index is 12.5. The highest BCUT2D eigenvalue weighted by Gasteiger charge is 2.24. The number of hydrogen-bond acceptors (Lipinski definition) is 2. The molecule has 0 heterocycles. The first-order valence-electron chi connectivity index (χ1n) is 4.11. The minimum Gasteiger partial charge on any atom is -0.452 e. The van der Waals surface area contributed by atoms with Gasteiger partial charge in [0.05, 0.1) is 0 Å². The van der Waals surface area contributed by atoms with Gasteiger partial charge in [-0.1, -0.05) is 30.3 Å². The fraction of sp³-hybridized carbons (Fsp3) is 0.300. The van der Waals surface area contributed by atoms with Crippen LogP contribution in [0.1, 0.15) is 18.6 Å². The molecule has 1 unspecified atom stereocenters. The van der Waals surface area contributed by atoms with Gasteiger partial charge in [0.15, 0.2) is 6.10 Å². The lowest BCUT2D eigenvalue weighted by Gasteiger charge is -2.15. The monoisotopic (exact) mass is 200 g/mol. The van der Waals surface area contributed by atoms with E-state index in [9.17, 15) is 13.6 Å². The minimum absolute atomic E-state index is 0.303. The van der Waals surface area contributed by atoms with Gasteiger partial charge in [0.2, 0.25) is 0 Å². The van der Waals surface area contributed by atoms with Crippen molar-refractivity contribution in [3.8, 4) is 0 Å². The van der Waals surface area contributed by atoms with Crippen LogP contribution < -0.4 is 0 Å². The summed E-state index contributed by atoms with van der Waals surface area (Å²) in [5.74, 6) is -0.709. The molecule has 1 atom stereocenters. The lowest BCUT2D eigenvalue weighted by Crippen LogP contribution is -2.15. The van der Waals surface area contributed by atoms with Gasteiger partial charge in [-0.3, -0.25) is 4.79 Å². The van der Waals surface area contributed by atoms with Crippen molar-refractivity contribution in [1.82, 2.24) is 0 Å². The van der Waals surface area contributed by atoms with Crippen LogP contribution in [0.15, 0.2) is 30.3 Å². The van der Waals surface area contributed by atoms with Crippen LogP contribution in [0, 0.1) is 0 Å². The Labute approximate surface area is 80.5 Å². The molecule has 0 bridgehead atoms. The molecule has 0 aliphatic carbocycles. The van der Waals surface area contributed by atoms with Gasteiger partial charge in [0, 0.05) is 6.92 Å². The van der Waals surface area contributed by atoms with E-state index < -0.39 is 18.5 Å². The summed E-state index contributed by atoms with van der Waals surface area (Å²) >= 11 is 0. The number of halogens is 2. The van der Waals surface area contributed by atoms with Crippen molar-refractivity contribution >= 4 is 5.97 Å². The first kappa shape index (κ1) is 10.6. The van der Waals surface area contributed by atoms with E-state index in [1.165, 1.54) is 12.1 Å². The van der Waals surface area contributed by atoms with E-state index in [-0.39, 0.29) is 0 Å². The molecule has 0 fully saturated rings. The van der Waals surface area contributed by atoms with Crippen LogP contribution in [-0.4, -0.2) is 12.4 Å². The summed E-state index contributed by atoms with van der Waals surface area (Å²) < 4.78 is 29.4. The van der Waals surface area contributed by atoms with E-state index in [1.807, 2.05) is 0 Å². The fourth-order valence-electron chi connectivity index (χ4n) is 1.09. The first-order valence-corrected chi connectivity index (χ1v) is 4.11. The number of benzene rings is 1. The van der Waals surface area contributed by atoms with Crippen LogP contribution in [0.4, 0.5) is 8.78 Å². The van der Waals surface area contributed by atoms with E-state index in [2.05, 4.69) is 4.74 Å². The van der Waals surface area contributed by atoms with E-state index in [0.717, 1.165) is 6.92 Å². The highest BCUT2D eigenvalue weighted by molar-refractivity contribution is 5.66. The lowest BCUT2D eigenvalue weighted by atomic mass is 10.1. The maximum atomic E-state index is 12.5. The van der Waals surface area contributed by atoms with Crippen molar-refractivity contribution < 1.29 is 18.3 Å². The van der Waals surface area contributed by atoms with Crippen LogP contribution >= 0.6 is 0 Å². The second kappa shape index (κ2) is 4.69. The SMILES string of the molecule is CC(=O)OC(c1ccccc1)C(F)F. The summed E-state index contributed by atoms with van der Waals surface area (Å²) in [4.78, 5) is 10.6. The van der Waals surface area contributed by atoms with Gasteiger partial charge in [-0.05, 0) is 5.56 Å². The van der Waals surface area contributed by atoms with Crippen LogP contribution in [0.2, 0.25) is 0 Å². The van der Waals surface area contributed by atoms with Crippen molar-refractivity contribution in [2.75, 3.05) is 0 Å². The molecule has 14 heavy (non-hydrogen) atoms. The molecule has 0 saturated carbocycles. The smallest absolute Gasteiger partial charge is 0.303 e. The standard InChI is InChI=1S/C10H10F2O2/c1-7(13)14-9(10(11)12)8-5-3-2-4-6-8/h2-6,9-10H,1H3. The Bertz CT molecular complexity index is 298. The van der Waals surface area contributed by atoms with Gasteiger partial charge < -0.3 is 4.74 Å². The Morgan fingerprint density at radius 3 is 2.29 bits per heavy atom. The molecule has 0 aliphatic rings. The molecule has 4 heteroatoms. The summed E-state index contributed by atoms with van der Waals surface area (Å²) in [5.41, 5.74) is 0.303. The lowest BCUT2D eigenvalue weighted by molar-refractivity contribution is -0.155. The van der Waals surface area contributed by atoms with Crippen molar-refractivity contribution in [3.05, 3.63) is 35.9 Å². The predicted octanol–water partition coefficient (Wildman–Crippen LogP) is 2.56. The normalized spacial score (nSPS) is 12.6. The molecule has 1 aromatic carbocycles. The summed E-state index contributed by atoms with van der Waals surface area (Å²) in [6.45, 7) is 1.11. The van der Waals surface area contributed by atoms with Gasteiger partial charge in [-0.2, -0.15) is 0 Å². The zero-order valence-corrected chi connectivity index (χ0v) is 7.61. The molecule has 0 amide bonds. The highest BCUT2D eigenvalue weighted by atomic mass is 19.3. The largest absolute Gasteiger partial charge is 0.452 e. The Kier molecular flexibility index (Phi) is 3.56. The molecule has 76 valence electrons. The van der Waals surface area contributed by atoms with E-state index >= 15 is 0 Å². The van der Waals surface area contributed by atoms with Crippen molar-refractivity contribution in [1.29, 1.82) is 0 Å². The van der Waals surface area contributed by atoms with Crippen LogP contribution in [0.5, 0.6) is 0 Å². The molecule has 0 N–H and O–H groups in total. The Morgan fingerprint density at radius 2 is 1.86 bits per heavy atom. The summed E-state index contributed by atoms with van der Waals surface area (Å²) in [7, 11) is 0. The average Bonchev–Trinajstić information content (AvgIpc) is 2.15. The molecule has 0 radical (unpaired) electrons. The van der Waals surface area contributed by atoms with Gasteiger partial charge >= 0.3 is 5.97 Å². The van der Waals surface area contributed by atoms with Crippen molar-refractivity contribution in [2.24, 2.45) is 0 Å². The first-order chi connectivity index (χ1) is 6.61. The Morgan fingerprint density at radius 1 is 1.29 bits per heavy atom. The maximum Gasteiger partial charge on any atom is 0.303 e. The van der Waals surface area contributed by atoms with Gasteiger partial charge in [0.1, 0.15) is 0 Å². The Balaban J connectivity index is 2.83. The highest BCUT2D eigenvalue weighted by Crippen LogP contribution is 2.24. The number of rotatable bonds is 3. The van der Waals surface area contributed by atoms with Gasteiger partial charge in [-0.25, -0.2) is 8.78 Å². The fourth-order valence-corrected chi connectivity index (χ4v) is 1.09. The third-order valence-electron chi connectivity index (χ3n) is 1.65. The summed E-state index contributed by atoms with van der Waals surface area (Å²) in [6.07, 6.45) is -4.17. The van der Waals surface area contributed by atoms with Crippen LogP contribution in [0.25, 0.3) is 0 Å². The molecule has 0 spiro atoms. The molecule has 2 nitrogen and oxygen atoms in total. The quantitative estimate of drug-likeness (QED) is 0.701. The molecule has 0 aromatic heterocycles. The van der Waals surface area contributed by atoms with Crippen LogP contribution in [0.3, 0.4) is 0 Å². The van der Waals surface area contributed by atoms with Crippen molar-refractivity contribution in [2.45, 2.75) is 19.5 Å². The second-order valence-electron chi connectivity index (χ2n) is 2.78. The number of hydrogen-bond donors (Lipinski definition) is 0. The molecule has 0 aliphatic heterocycles. The second-order valence-corrected chi connectivity index (χ2v) is 2.78. The van der Waals surface area contributed by atoms with Crippen LogP contribution in [-0.2, 0) is 9.53 Å². The Hall–Kier alpha value is -1.45. The summed E-state index contributed by atoms with van der Waals surface area (Å²) in [5, 5.41) is 0. The van der Waals surface area contributed by atoms with E-state index in [1.54, 1.807) is 18.2 Å². The number of ether oxygens (including phenoxy) is 1. The van der Waals surface area contributed by atoms with Gasteiger partial charge in [-0.15, -0.1) is 0 Å². The summed E-state index contributed by atoms with van der Waals surface area (Å²) in [6, 6.07) is 7.95. The molecule has 0 saturated heterocycles. The minimum atomic E-state index is -2.71. The van der Waals surface area contributed by atoms with Gasteiger partial charge in [0.25, 0.3) is 6.43 Å². The molecule has 1 aromatic rings. The van der Waals surface area contributed by atoms with E-state index in [0.29, 0.717) is 5.56 Å². The number of esters is 1. The number of carbonyl (C=O) groups excluding carboxylic acids is 1. The third-order valence-corrected chi connectivity index (χ3v) is 1.65. The number of carbonyl (C=O) groups is 1. The molecule has 1 rings (SSSR count). The zero-order valence-electron chi connectivity index (χ0n) is 7.61. The predicted molar refractivity (Wildman–Crippen MR) is 47.0 cm³/mol. The number of alkyl halides is 2. The van der Waals surface area contributed by atoms with Crippen molar-refractivity contribution in [3.63, 3.8) is 0 Å². The molecular formula is C10H10F2O2. The van der Waals surface area contributed by atoms with E-state index in [4.69, 9.17) is 0 Å². The third kappa shape index (κ3) is 2.80. The zero-order chi connectivity index (χ0) is 10.6.